The lowest BCUT2D eigenvalue weighted by atomic mass is 9.85. The summed E-state index contributed by atoms with van der Waals surface area (Å²) in [6, 6.07) is 17.0. The predicted octanol–water partition coefficient (Wildman–Crippen LogP) is 2.59. The lowest BCUT2D eigenvalue weighted by molar-refractivity contribution is -0.137. The van der Waals surface area contributed by atoms with E-state index < -0.39 is 17.5 Å². The molecule has 2 aromatic rings. The quantitative estimate of drug-likeness (QED) is 0.626. The smallest absolute Gasteiger partial charge is 0.333 e. The average molecular weight is 367 g/mol. The van der Waals surface area contributed by atoms with Gasteiger partial charge in [-0.2, -0.15) is 0 Å². The molecule has 0 unspecified atom stereocenters. The highest BCUT2D eigenvalue weighted by Crippen LogP contribution is 2.29. The third kappa shape index (κ3) is 4.46. The van der Waals surface area contributed by atoms with Gasteiger partial charge < -0.3 is 10.4 Å². The van der Waals surface area contributed by atoms with Crippen molar-refractivity contribution in [1.82, 2.24) is 16.2 Å². The second-order valence-electron chi connectivity index (χ2n) is 6.83. The van der Waals surface area contributed by atoms with Crippen LogP contribution in [0.15, 0.2) is 60.7 Å². The van der Waals surface area contributed by atoms with Gasteiger partial charge in [-0.1, -0.05) is 79.9 Å². The van der Waals surface area contributed by atoms with Crippen molar-refractivity contribution >= 4 is 11.9 Å². The average Bonchev–Trinajstić information content (AvgIpc) is 2.73. The first-order chi connectivity index (χ1) is 13.1. The lowest BCUT2D eigenvalue weighted by Crippen LogP contribution is -2.55. The number of amides is 3. The van der Waals surface area contributed by atoms with Gasteiger partial charge in [0, 0.05) is 6.04 Å². The van der Waals surface area contributed by atoms with Gasteiger partial charge in [0.15, 0.2) is 5.60 Å². The van der Waals surface area contributed by atoms with Crippen molar-refractivity contribution in [2.75, 3.05) is 0 Å². The lowest BCUT2D eigenvalue weighted by Gasteiger charge is -2.28. The van der Waals surface area contributed by atoms with Gasteiger partial charge in [0.25, 0.3) is 5.91 Å². The number of hydrogen-bond donors (Lipinski definition) is 4. The first-order valence-electron chi connectivity index (χ1n) is 9.31. The van der Waals surface area contributed by atoms with Gasteiger partial charge in [-0.05, 0) is 24.0 Å². The third-order valence-corrected chi connectivity index (χ3v) is 4.94. The molecule has 0 radical (unpaired) electrons. The van der Waals surface area contributed by atoms with E-state index >= 15 is 0 Å². The van der Waals surface area contributed by atoms with E-state index in [4.69, 9.17) is 0 Å². The summed E-state index contributed by atoms with van der Waals surface area (Å²) in [5, 5.41) is 14.1. The molecule has 1 fully saturated rings. The van der Waals surface area contributed by atoms with Gasteiger partial charge >= 0.3 is 6.03 Å². The Bertz CT molecular complexity index is 719. The zero-order valence-electron chi connectivity index (χ0n) is 15.2. The van der Waals surface area contributed by atoms with Crippen LogP contribution < -0.4 is 16.2 Å². The molecule has 0 aliphatic heterocycles. The molecule has 1 aliphatic rings. The van der Waals surface area contributed by atoms with E-state index in [1.165, 1.54) is 6.42 Å². The standard InChI is InChI=1S/C21H25N3O3/c25-19(23-24-20(26)22-18-14-8-3-9-15-18)21(27,16-10-4-1-5-11-16)17-12-6-2-7-13-17/h1-2,4-7,10-13,18,27H,3,8-9,14-15H2,(H,23,25)(H2,22,24,26). The normalized spacial score (nSPS) is 15.0. The number of carbonyl (C=O) groups excluding carboxylic acids is 2. The molecular formula is C21H25N3O3. The minimum Gasteiger partial charge on any atom is -0.372 e. The maximum absolute atomic E-state index is 12.9. The Labute approximate surface area is 159 Å². The predicted molar refractivity (Wildman–Crippen MR) is 103 cm³/mol. The van der Waals surface area contributed by atoms with Crippen molar-refractivity contribution in [2.45, 2.75) is 43.7 Å². The van der Waals surface area contributed by atoms with Crippen LogP contribution in [0.2, 0.25) is 0 Å². The molecule has 27 heavy (non-hydrogen) atoms. The SMILES string of the molecule is O=C(NNC(=O)C(O)(c1ccccc1)c1ccccc1)NC1CCCCC1. The van der Waals surface area contributed by atoms with Gasteiger partial charge in [0.05, 0.1) is 0 Å². The number of urea groups is 1. The maximum atomic E-state index is 12.9. The number of hydrogen-bond acceptors (Lipinski definition) is 3. The summed E-state index contributed by atoms with van der Waals surface area (Å²) in [7, 11) is 0. The largest absolute Gasteiger partial charge is 0.372 e. The molecule has 0 spiro atoms. The van der Waals surface area contributed by atoms with Crippen LogP contribution in [-0.4, -0.2) is 23.1 Å². The number of hydrazine groups is 1. The Morgan fingerprint density at radius 2 is 1.33 bits per heavy atom. The first-order valence-corrected chi connectivity index (χ1v) is 9.31. The van der Waals surface area contributed by atoms with E-state index in [2.05, 4.69) is 16.2 Å². The molecule has 0 bridgehead atoms. The minimum absolute atomic E-state index is 0.123. The number of aliphatic hydroxyl groups is 1. The van der Waals surface area contributed by atoms with E-state index in [0.29, 0.717) is 11.1 Å². The zero-order valence-corrected chi connectivity index (χ0v) is 15.2. The van der Waals surface area contributed by atoms with E-state index in [1.807, 2.05) is 12.1 Å². The third-order valence-electron chi connectivity index (χ3n) is 4.94. The fraction of sp³-hybridized carbons (Fsp3) is 0.333. The molecule has 1 aliphatic carbocycles. The Morgan fingerprint density at radius 3 is 1.85 bits per heavy atom. The van der Waals surface area contributed by atoms with Crippen LogP contribution in [0.25, 0.3) is 0 Å². The Balaban J connectivity index is 1.71. The molecule has 0 aromatic heterocycles. The van der Waals surface area contributed by atoms with Gasteiger partial charge in [0.1, 0.15) is 0 Å². The maximum Gasteiger partial charge on any atom is 0.333 e. The topological polar surface area (TPSA) is 90.5 Å². The number of rotatable bonds is 4. The van der Waals surface area contributed by atoms with E-state index in [9.17, 15) is 14.7 Å². The Kier molecular flexibility index (Phi) is 6.08. The monoisotopic (exact) mass is 367 g/mol. The van der Waals surface area contributed by atoms with Gasteiger partial charge in [-0.25, -0.2) is 10.2 Å². The van der Waals surface area contributed by atoms with Crippen LogP contribution in [0.3, 0.4) is 0 Å². The molecule has 142 valence electrons. The van der Waals surface area contributed by atoms with Crippen LogP contribution >= 0.6 is 0 Å². The highest BCUT2D eigenvalue weighted by atomic mass is 16.3. The van der Waals surface area contributed by atoms with Gasteiger partial charge in [-0.15, -0.1) is 0 Å². The van der Waals surface area contributed by atoms with Gasteiger partial charge in [0.2, 0.25) is 0 Å². The van der Waals surface area contributed by atoms with Crippen LogP contribution in [-0.2, 0) is 10.4 Å². The molecule has 0 atom stereocenters. The highest BCUT2D eigenvalue weighted by Gasteiger charge is 2.40. The number of nitrogens with one attached hydrogen (secondary N) is 3. The molecule has 3 rings (SSSR count). The van der Waals surface area contributed by atoms with Gasteiger partial charge in [-0.3, -0.25) is 10.2 Å². The molecule has 6 heteroatoms. The van der Waals surface area contributed by atoms with Crippen molar-refractivity contribution in [3.8, 4) is 0 Å². The van der Waals surface area contributed by atoms with Crippen LogP contribution in [0.5, 0.6) is 0 Å². The van der Waals surface area contributed by atoms with Crippen LogP contribution in [0.4, 0.5) is 4.79 Å². The van der Waals surface area contributed by atoms with Crippen molar-refractivity contribution in [1.29, 1.82) is 0 Å². The zero-order chi connectivity index (χ0) is 19.1. The number of carbonyl (C=O) groups is 2. The van der Waals surface area contributed by atoms with E-state index in [-0.39, 0.29) is 6.04 Å². The summed E-state index contributed by atoms with van der Waals surface area (Å²) < 4.78 is 0. The fourth-order valence-electron chi connectivity index (χ4n) is 3.46. The van der Waals surface area contributed by atoms with E-state index in [0.717, 1.165) is 25.7 Å². The van der Waals surface area contributed by atoms with E-state index in [1.54, 1.807) is 48.5 Å². The summed E-state index contributed by atoms with van der Waals surface area (Å²) in [4.78, 5) is 25.0. The molecule has 1 saturated carbocycles. The molecule has 2 aromatic carbocycles. The van der Waals surface area contributed by atoms with Crippen LogP contribution in [0.1, 0.15) is 43.2 Å². The second-order valence-corrected chi connectivity index (χ2v) is 6.83. The Morgan fingerprint density at radius 1 is 0.815 bits per heavy atom. The van der Waals surface area contributed by atoms with Crippen molar-refractivity contribution in [2.24, 2.45) is 0 Å². The molecule has 0 heterocycles. The second kappa shape index (κ2) is 8.68. The highest BCUT2D eigenvalue weighted by molar-refractivity contribution is 5.91. The number of benzene rings is 2. The molecule has 3 amide bonds. The fourth-order valence-corrected chi connectivity index (χ4v) is 3.46. The first kappa shape index (κ1) is 18.9. The minimum atomic E-state index is -1.92. The summed E-state index contributed by atoms with van der Waals surface area (Å²) in [5.41, 5.74) is 3.65. The molecule has 4 N–H and O–H groups in total. The summed E-state index contributed by atoms with van der Waals surface area (Å²) in [6.07, 6.45) is 5.27. The molecule has 0 saturated heterocycles. The Hall–Kier alpha value is -2.86. The molecular weight excluding hydrogens is 342 g/mol. The van der Waals surface area contributed by atoms with Crippen molar-refractivity contribution in [3.63, 3.8) is 0 Å². The summed E-state index contributed by atoms with van der Waals surface area (Å²) in [6.45, 7) is 0. The van der Waals surface area contributed by atoms with Crippen LogP contribution in [0, 0.1) is 0 Å². The van der Waals surface area contributed by atoms with Crippen molar-refractivity contribution < 1.29 is 14.7 Å². The molecule has 6 nitrogen and oxygen atoms in total. The van der Waals surface area contributed by atoms with Crippen molar-refractivity contribution in [3.05, 3.63) is 71.8 Å². The summed E-state index contributed by atoms with van der Waals surface area (Å²) in [5.74, 6) is -0.723. The summed E-state index contributed by atoms with van der Waals surface area (Å²) >= 11 is 0.